The van der Waals surface area contributed by atoms with Crippen LogP contribution in [0.2, 0.25) is 0 Å². The van der Waals surface area contributed by atoms with Crippen LogP contribution in [-0.4, -0.2) is 38.6 Å². The zero-order valence-electron chi connectivity index (χ0n) is 11.7. The van der Waals surface area contributed by atoms with Gasteiger partial charge in [-0.1, -0.05) is 24.4 Å². The van der Waals surface area contributed by atoms with Crippen molar-refractivity contribution < 1.29 is 4.52 Å². The molecular weight excluding hydrogens is 296 g/mol. The molecular formula is C13H23ClN4OS. The summed E-state index contributed by atoms with van der Waals surface area (Å²) in [6.07, 6.45) is 6.93. The maximum atomic E-state index is 5.49. The number of thioether (sulfide) groups is 1. The summed E-state index contributed by atoms with van der Waals surface area (Å²) >= 11 is 2.18. The molecule has 1 aromatic rings. The molecule has 0 amide bonds. The summed E-state index contributed by atoms with van der Waals surface area (Å²) in [6.45, 7) is 3.42. The van der Waals surface area contributed by atoms with Gasteiger partial charge in [0.2, 0.25) is 5.89 Å². The molecule has 20 heavy (non-hydrogen) atoms. The first-order valence-corrected chi connectivity index (χ1v) is 8.16. The molecule has 1 aliphatic heterocycles. The largest absolute Gasteiger partial charge is 0.338 e. The lowest BCUT2D eigenvalue weighted by Gasteiger charge is -2.44. The fourth-order valence-corrected chi connectivity index (χ4v) is 4.83. The molecule has 0 bridgehead atoms. The minimum Gasteiger partial charge on any atom is -0.338 e. The van der Waals surface area contributed by atoms with Crippen molar-refractivity contribution in [2.24, 2.45) is 5.73 Å². The molecule has 0 radical (unpaired) electrons. The monoisotopic (exact) mass is 318 g/mol. The lowest BCUT2D eigenvalue weighted by atomic mass is 9.87. The standard InChI is InChI=1S/C13H22N4OS.ClH/c14-8-12-15-11(16-18-12)9-17-6-7-19-13(10-17)4-2-1-3-5-13;/h1-10,14H2;1H. The van der Waals surface area contributed by atoms with E-state index >= 15 is 0 Å². The number of hydrogen-bond acceptors (Lipinski definition) is 6. The van der Waals surface area contributed by atoms with Crippen LogP contribution in [0.4, 0.5) is 0 Å². The Morgan fingerprint density at radius 2 is 2.10 bits per heavy atom. The van der Waals surface area contributed by atoms with E-state index in [9.17, 15) is 0 Å². The van der Waals surface area contributed by atoms with Crippen LogP contribution < -0.4 is 5.73 Å². The fraction of sp³-hybridized carbons (Fsp3) is 0.846. The first-order chi connectivity index (χ1) is 9.30. The van der Waals surface area contributed by atoms with Crippen LogP contribution in [0, 0.1) is 0 Å². The van der Waals surface area contributed by atoms with E-state index in [1.807, 2.05) is 0 Å². The van der Waals surface area contributed by atoms with Crippen molar-refractivity contribution in [2.45, 2.75) is 49.9 Å². The lowest BCUT2D eigenvalue weighted by Crippen LogP contribution is -2.47. The summed E-state index contributed by atoms with van der Waals surface area (Å²) in [4.78, 5) is 6.78. The number of rotatable bonds is 3. The highest BCUT2D eigenvalue weighted by Gasteiger charge is 2.37. The summed E-state index contributed by atoms with van der Waals surface area (Å²) in [7, 11) is 0. The zero-order valence-corrected chi connectivity index (χ0v) is 13.3. The highest BCUT2D eigenvalue weighted by atomic mass is 35.5. The minimum absolute atomic E-state index is 0. The number of halogens is 1. The Balaban J connectivity index is 0.00000147. The Morgan fingerprint density at radius 3 is 2.80 bits per heavy atom. The highest BCUT2D eigenvalue weighted by molar-refractivity contribution is 8.00. The van der Waals surface area contributed by atoms with Gasteiger partial charge in [-0.05, 0) is 12.8 Å². The predicted octanol–water partition coefficient (Wildman–Crippen LogP) is 2.20. The van der Waals surface area contributed by atoms with Gasteiger partial charge in [0.25, 0.3) is 0 Å². The van der Waals surface area contributed by atoms with E-state index in [4.69, 9.17) is 10.3 Å². The quantitative estimate of drug-likeness (QED) is 0.921. The number of hydrogen-bond donors (Lipinski definition) is 1. The SMILES string of the molecule is Cl.NCc1nc(CN2CCSC3(CCCCC3)C2)no1. The third kappa shape index (κ3) is 3.67. The Labute approximate surface area is 130 Å². The molecule has 0 atom stereocenters. The van der Waals surface area contributed by atoms with E-state index in [1.54, 1.807) is 0 Å². The van der Waals surface area contributed by atoms with Crippen molar-refractivity contribution in [2.75, 3.05) is 18.8 Å². The van der Waals surface area contributed by atoms with Crippen molar-refractivity contribution in [1.29, 1.82) is 0 Å². The first-order valence-electron chi connectivity index (χ1n) is 7.18. The maximum absolute atomic E-state index is 5.49. The van der Waals surface area contributed by atoms with Crippen molar-refractivity contribution >= 4 is 24.2 Å². The molecule has 1 aliphatic carbocycles. The van der Waals surface area contributed by atoms with Gasteiger partial charge in [-0.15, -0.1) is 12.4 Å². The molecule has 0 unspecified atom stereocenters. The average molecular weight is 319 g/mol. The lowest BCUT2D eigenvalue weighted by molar-refractivity contribution is 0.206. The molecule has 7 heteroatoms. The van der Waals surface area contributed by atoms with E-state index < -0.39 is 0 Å². The van der Waals surface area contributed by atoms with E-state index in [0.717, 1.165) is 18.9 Å². The highest BCUT2D eigenvalue weighted by Crippen LogP contribution is 2.42. The minimum atomic E-state index is 0. The van der Waals surface area contributed by atoms with Gasteiger partial charge in [0.1, 0.15) is 0 Å². The van der Waals surface area contributed by atoms with Gasteiger partial charge in [0.15, 0.2) is 5.82 Å². The molecule has 0 aromatic carbocycles. The van der Waals surface area contributed by atoms with E-state index in [1.165, 1.54) is 44.4 Å². The van der Waals surface area contributed by atoms with Crippen molar-refractivity contribution in [3.63, 3.8) is 0 Å². The van der Waals surface area contributed by atoms with Crippen LogP contribution in [0.5, 0.6) is 0 Å². The van der Waals surface area contributed by atoms with Gasteiger partial charge in [0.05, 0.1) is 13.1 Å². The summed E-state index contributed by atoms with van der Waals surface area (Å²) in [5, 5.41) is 4.00. The molecule has 1 saturated carbocycles. The molecule has 1 spiro atoms. The fourth-order valence-electron chi connectivity index (χ4n) is 3.19. The third-order valence-corrected chi connectivity index (χ3v) is 5.68. The third-order valence-electron chi connectivity index (χ3n) is 4.14. The predicted molar refractivity (Wildman–Crippen MR) is 83.0 cm³/mol. The zero-order chi connectivity index (χ0) is 13.1. The molecule has 1 aromatic heterocycles. The van der Waals surface area contributed by atoms with Gasteiger partial charge in [0, 0.05) is 23.6 Å². The van der Waals surface area contributed by atoms with Gasteiger partial charge >= 0.3 is 0 Å². The Bertz CT molecular complexity index is 417. The molecule has 2 N–H and O–H groups in total. The van der Waals surface area contributed by atoms with Crippen LogP contribution in [-0.2, 0) is 13.1 Å². The maximum Gasteiger partial charge on any atom is 0.240 e. The van der Waals surface area contributed by atoms with Crippen molar-refractivity contribution in [3.05, 3.63) is 11.7 Å². The van der Waals surface area contributed by atoms with Crippen LogP contribution in [0.3, 0.4) is 0 Å². The summed E-state index contributed by atoms with van der Waals surface area (Å²) < 4.78 is 5.57. The first kappa shape index (κ1) is 16.1. The normalized spacial score (nSPS) is 22.6. The second-order valence-electron chi connectivity index (χ2n) is 5.61. The number of nitrogens with zero attached hydrogens (tertiary/aromatic N) is 3. The second-order valence-corrected chi connectivity index (χ2v) is 7.17. The Morgan fingerprint density at radius 1 is 1.30 bits per heavy atom. The average Bonchev–Trinajstić information content (AvgIpc) is 2.87. The van der Waals surface area contributed by atoms with Crippen LogP contribution in [0.15, 0.2) is 4.52 Å². The van der Waals surface area contributed by atoms with Crippen LogP contribution in [0.25, 0.3) is 0 Å². The van der Waals surface area contributed by atoms with Crippen LogP contribution in [0.1, 0.15) is 43.8 Å². The smallest absolute Gasteiger partial charge is 0.240 e. The van der Waals surface area contributed by atoms with E-state index in [-0.39, 0.29) is 12.4 Å². The summed E-state index contributed by atoms with van der Waals surface area (Å²) in [5.74, 6) is 2.54. The Hall–Kier alpha value is -0.300. The van der Waals surface area contributed by atoms with Gasteiger partial charge in [-0.3, -0.25) is 4.90 Å². The summed E-state index contributed by atoms with van der Waals surface area (Å²) in [6, 6.07) is 0. The van der Waals surface area contributed by atoms with E-state index in [0.29, 0.717) is 17.2 Å². The molecule has 1 saturated heterocycles. The molecule has 2 heterocycles. The van der Waals surface area contributed by atoms with Gasteiger partial charge in [-0.2, -0.15) is 16.7 Å². The molecule has 3 rings (SSSR count). The van der Waals surface area contributed by atoms with E-state index in [2.05, 4.69) is 26.8 Å². The molecule has 114 valence electrons. The van der Waals surface area contributed by atoms with Gasteiger partial charge < -0.3 is 10.3 Å². The second kappa shape index (κ2) is 7.11. The van der Waals surface area contributed by atoms with Gasteiger partial charge in [-0.25, -0.2) is 0 Å². The van der Waals surface area contributed by atoms with Crippen molar-refractivity contribution in [1.82, 2.24) is 15.0 Å². The molecule has 5 nitrogen and oxygen atoms in total. The summed E-state index contributed by atoms with van der Waals surface area (Å²) in [5.41, 5.74) is 5.49. The number of aromatic nitrogens is 2. The molecule has 2 aliphatic rings. The van der Waals surface area contributed by atoms with Crippen molar-refractivity contribution in [3.8, 4) is 0 Å². The van der Waals surface area contributed by atoms with Crippen LogP contribution >= 0.6 is 24.2 Å². The topological polar surface area (TPSA) is 68.2 Å². The molecule has 2 fully saturated rings. The number of nitrogens with two attached hydrogens (primary N) is 1. The Kier molecular flexibility index (Phi) is 5.72.